The Bertz CT molecular complexity index is 1460. The second-order valence-electron chi connectivity index (χ2n) is 10.1. The number of oxazole rings is 1. The molecule has 1 spiro atoms. The van der Waals surface area contributed by atoms with Crippen molar-refractivity contribution < 1.29 is 13.9 Å². The number of benzene rings is 1. The van der Waals surface area contributed by atoms with Crippen LogP contribution in [0.3, 0.4) is 0 Å². The molecule has 1 atom stereocenters. The van der Waals surface area contributed by atoms with Gasteiger partial charge in [-0.3, -0.25) is 0 Å². The molecule has 0 aliphatic carbocycles. The zero-order chi connectivity index (χ0) is 25.6. The maximum absolute atomic E-state index is 5.97. The highest BCUT2D eigenvalue weighted by molar-refractivity contribution is 5.89. The summed E-state index contributed by atoms with van der Waals surface area (Å²) in [6, 6.07) is 7.98. The summed E-state index contributed by atoms with van der Waals surface area (Å²) in [5.41, 5.74) is 4.58. The van der Waals surface area contributed by atoms with Crippen LogP contribution < -0.4 is 15.0 Å². The van der Waals surface area contributed by atoms with Crippen molar-refractivity contribution in [2.24, 2.45) is 5.41 Å². The highest BCUT2D eigenvalue weighted by Crippen LogP contribution is 2.41. The molecule has 2 saturated heterocycles. The lowest BCUT2D eigenvalue weighted by Crippen LogP contribution is -2.28. The summed E-state index contributed by atoms with van der Waals surface area (Å²) >= 11 is 0. The molecule has 0 bridgehead atoms. The largest absolute Gasteiger partial charge is 0.492 e. The Morgan fingerprint density at radius 2 is 2.00 bits per heavy atom. The minimum absolute atomic E-state index is 0.237. The molecule has 9 nitrogen and oxygen atoms in total. The predicted molar refractivity (Wildman–Crippen MR) is 143 cm³/mol. The summed E-state index contributed by atoms with van der Waals surface area (Å²) in [6.45, 7) is 11.9. The number of fused-ring (bicyclic) bond motifs is 1. The first-order valence-corrected chi connectivity index (χ1v) is 12.9. The molecular formula is C28H32N6O3. The van der Waals surface area contributed by atoms with E-state index >= 15 is 0 Å². The Morgan fingerprint density at radius 1 is 1.11 bits per heavy atom. The van der Waals surface area contributed by atoms with Crippen LogP contribution in [-0.2, 0) is 4.74 Å². The fourth-order valence-electron chi connectivity index (χ4n) is 5.49. The average molecular weight is 501 g/mol. The Labute approximate surface area is 216 Å². The topological polar surface area (TPSA) is 98.4 Å². The first kappa shape index (κ1) is 23.7. The first-order chi connectivity index (χ1) is 17.9. The van der Waals surface area contributed by atoms with E-state index < -0.39 is 0 Å². The molecule has 1 N–H and O–H groups in total. The van der Waals surface area contributed by atoms with E-state index in [1.165, 1.54) is 0 Å². The molecule has 0 saturated carbocycles. The van der Waals surface area contributed by atoms with E-state index in [1.807, 2.05) is 58.2 Å². The van der Waals surface area contributed by atoms with Crippen molar-refractivity contribution in [1.29, 1.82) is 0 Å². The molecule has 0 radical (unpaired) electrons. The van der Waals surface area contributed by atoms with Gasteiger partial charge < -0.3 is 24.1 Å². The predicted octanol–water partition coefficient (Wildman–Crippen LogP) is 5.36. The van der Waals surface area contributed by atoms with Crippen LogP contribution in [0.25, 0.3) is 22.2 Å². The van der Waals surface area contributed by atoms with Crippen molar-refractivity contribution in [3.8, 4) is 17.0 Å². The van der Waals surface area contributed by atoms with Gasteiger partial charge in [-0.25, -0.2) is 19.9 Å². The molecule has 9 heteroatoms. The second kappa shape index (κ2) is 9.30. The molecule has 4 aromatic rings. The van der Waals surface area contributed by atoms with Gasteiger partial charge in [0.15, 0.2) is 11.7 Å². The summed E-state index contributed by atoms with van der Waals surface area (Å²) in [6.07, 6.45) is 4.09. The van der Waals surface area contributed by atoms with Crippen molar-refractivity contribution in [3.63, 3.8) is 0 Å². The fraction of sp³-hybridized carbons (Fsp3) is 0.429. The molecule has 6 rings (SSSR count). The molecule has 2 aliphatic heterocycles. The Kier molecular flexibility index (Phi) is 5.95. The lowest BCUT2D eigenvalue weighted by Gasteiger charge is -2.23. The van der Waals surface area contributed by atoms with Gasteiger partial charge in [-0.15, -0.1) is 0 Å². The van der Waals surface area contributed by atoms with Gasteiger partial charge in [0, 0.05) is 54.9 Å². The molecule has 37 heavy (non-hydrogen) atoms. The lowest BCUT2D eigenvalue weighted by molar-refractivity contribution is 0.160. The van der Waals surface area contributed by atoms with Crippen molar-refractivity contribution in [2.45, 2.75) is 40.5 Å². The van der Waals surface area contributed by atoms with E-state index in [0.29, 0.717) is 24.2 Å². The third-order valence-electron chi connectivity index (χ3n) is 7.30. The van der Waals surface area contributed by atoms with Gasteiger partial charge >= 0.3 is 0 Å². The zero-order valence-electron chi connectivity index (χ0n) is 21.8. The number of nitrogens with one attached hydrogen (secondary N) is 1. The van der Waals surface area contributed by atoms with Crippen LogP contribution in [0.2, 0.25) is 0 Å². The number of rotatable bonds is 6. The van der Waals surface area contributed by atoms with Gasteiger partial charge in [0.25, 0.3) is 0 Å². The molecular weight excluding hydrogens is 468 g/mol. The number of ether oxygens (including phenoxy) is 2. The Morgan fingerprint density at radius 3 is 2.76 bits per heavy atom. The molecule has 2 fully saturated rings. The molecule has 2 aliphatic rings. The van der Waals surface area contributed by atoms with Crippen LogP contribution in [-0.4, -0.2) is 52.8 Å². The number of aryl methyl sites for hydroxylation is 3. The molecule has 5 heterocycles. The molecule has 0 amide bonds. The number of hydrogen-bond acceptors (Lipinski definition) is 9. The molecule has 192 valence electrons. The zero-order valence-corrected chi connectivity index (χ0v) is 21.8. The summed E-state index contributed by atoms with van der Waals surface area (Å²) in [5, 5.41) is 4.35. The van der Waals surface area contributed by atoms with Gasteiger partial charge in [0.05, 0.1) is 18.9 Å². The highest BCUT2D eigenvalue weighted by atomic mass is 16.5. The number of pyridine rings is 1. The van der Waals surface area contributed by atoms with Gasteiger partial charge in [-0.2, -0.15) is 0 Å². The summed E-state index contributed by atoms with van der Waals surface area (Å²) in [5.74, 6) is 3.54. The van der Waals surface area contributed by atoms with E-state index in [1.54, 1.807) is 0 Å². The highest BCUT2D eigenvalue weighted by Gasteiger charge is 2.42. The minimum atomic E-state index is 0.237. The monoisotopic (exact) mass is 500 g/mol. The molecule has 1 unspecified atom stereocenters. The smallest absolute Gasteiger partial charge is 0.227 e. The fourth-order valence-corrected chi connectivity index (χ4v) is 5.49. The Balaban J connectivity index is 1.33. The van der Waals surface area contributed by atoms with Crippen LogP contribution in [0.15, 0.2) is 34.9 Å². The average Bonchev–Trinajstić information content (AvgIpc) is 3.61. The third-order valence-corrected chi connectivity index (χ3v) is 7.30. The SMILES string of the molecule is CCOc1cc(-c2nc(C)oc2C)ccc1Nc1ncc2cc(C)nc(N3CCC4(CCOC4)C3)c2n1. The van der Waals surface area contributed by atoms with E-state index in [9.17, 15) is 0 Å². The Hall–Kier alpha value is -3.72. The van der Waals surface area contributed by atoms with E-state index in [2.05, 4.69) is 20.2 Å². The normalized spacial score (nSPS) is 19.3. The standard InChI is InChI=1S/C28H32N6O3/c1-5-36-23-13-20(24-18(3)37-19(4)31-24)6-7-22(23)32-27-29-14-21-12-17(2)30-26(25(21)33-27)34-10-8-28(15-34)9-11-35-16-28/h6-7,12-14H,5,8-11,15-16H2,1-4H3,(H,29,32,33). The number of aromatic nitrogens is 4. The van der Waals surface area contributed by atoms with Crippen LogP contribution >= 0.6 is 0 Å². The third kappa shape index (κ3) is 4.48. The summed E-state index contributed by atoms with van der Waals surface area (Å²) < 4.78 is 17.3. The summed E-state index contributed by atoms with van der Waals surface area (Å²) in [4.78, 5) is 21.3. The van der Waals surface area contributed by atoms with Crippen molar-refractivity contribution in [3.05, 3.63) is 47.8 Å². The van der Waals surface area contributed by atoms with E-state index in [4.69, 9.17) is 23.9 Å². The van der Waals surface area contributed by atoms with Gasteiger partial charge in [-0.05, 0) is 51.8 Å². The number of nitrogens with zero attached hydrogens (tertiary/aromatic N) is 5. The molecule has 1 aromatic carbocycles. The van der Waals surface area contributed by atoms with Crippen molar-refractivity contribution in [1.82, 2.24) is 19.9 Å². The van der Waals surface area contributed by atoms with Crippen molar-refractivity contribution >= 4 is 28.4 Å². The van der Waals surface area contributed by atoms with Crippen LogP contribution in [0.1, 0.15) is 37.1 Å². The van der Waals surface area contributed by atoms with Crippen LogP contribution in [0.5, 0.6) is 5.75 Å². The van der Waals surface area contributed by atoms with Gasteiger partial charge in [0.2, 0.25) is 5.95 Å². The first-order valence-electron chi connectivity index (χ1n) is 12.9. The second-order valence-corrected chi connectivity index (χ2v) is 10.1. The minimum Gasteiger partial charge on any atom is -0.492 e. The lowest BCUT2D eigenvalue weighted by atomic mass is 9.87. The maximum atomic E-state index is 5.97. The van der Waals surface area contributed by atoms with Crippen LogP contribution in [0.4, 0.5) is 17.5 Å². The number of hydrogen-bond donors (Lipinski definition) is 1. The van der Waals surface area contributed by atoms with Crippen molar-refractivity contribution in [2.75, 3.05) is 43.1 Å². The van der Waals surface area contributed by atoms with Gasteiger partial charge in [-0.1, -0.05) is 6.07 Å². The quantitative estimate of drug-likeness (QED) is 0.375. The van der Waals surface area contributed by atoms with E-state index in [-0.39, 0.29) is 5.41 Å². The van der Waals surface area contributed by atoms with Crippen LogP contribution in [0, 0.1) is 26.2 Å². The molecule has 3 aromatic heterocycles. The maximum Gasteiger partial charge on any atom is 0.227 e. The van der Waals surface area contributed by atoms with E-state index in [0.717, 1.165) is 84.3 Å². The number of anilines is 3. The summed E-state index contributed by atoms with van der Waals surface area (Å²) in [7, 11) is 0. The van der Waals surface area contributed by atoms with Gasteiger partial charge in [0.1, 0.15) is 22.7 Å².